The van der Waals surface area contributed by atoms with Crippen LogP contribution in [0.15, 0.2) is 11.1 Å². The van der Waals surface area contributed by atoms with E-state index in [9.17, 15) is 4.79 Å². The van der Waals surface area contributed by atoms with E-state index in [2.05, 4.69) is 41.0 Å². The van der Waals surface area contributed by atoms with Gasteiger partial charge in [0.1, 0.15) is 5.02 Å². The Bertz CT molecular complexity index is 509. The molecule has 2 heterocycles. The minimum Gasteiger partial charge on any atom is -0.351 e. The number of hydrogen-bond donors (Lipinski definition) is 2. The van der Waals surface area contributed by atoms with Crippen molar-refractivity contribution < 1.29 is 0 Å². The van der Waals surface area contributed by atoms with E-state index < -0.39 is 0 Å². The topological polar surface area (TPSA) is 61.0 Å². The zero-order chi connectivity index (χ0) is 14.8. The summed E-state index contributed by atoms with van der Waals surface area (Å²) in [5.74, 6) is 0.607. The van der Waals surface area contributed by atoms with Crippen molar-refractivity contribution in [2.75, 3.05) is 18.0 Å². The van der Waals surface area contributed by atoms with Gasteiger partial charge in [0, 0.05) is 24.7 Å². The Hall–Kier alpha value is -1.07. The van der Waals surface area contributed by atoms with Crippen LogP contribution in [0, 0.1) is 0 Å². The van der Waals surface area contributed by atoms with Gasteiger partial charge in [0.15, 0.2) is 5.82 Å². The van der Waals surface area contributed by atoms with Crippen LogP contribution in [0.5, 0.6) is 0 Å². The Morgan fingerprint density at radius 3 is 2.95 bits per heavy atom. The highest BCUT2D eigenvalue weighted by Crippen LogP contribution is 2.26. The number of hydrogen-bond acceptors (Lipinski definition) is 4. The number of nitrogens with zero attached hydrogens (tertiary/aromatic N) is 2. The lowest BCUT2D eigenvalue weighted by molar-refractivity contribution is 0.365. The molecular formula is C14H23ClN4O. The molecule has 0 radical (unpaired) electrons. The predicted octanol–water partition coefficient (Wildman–Crippen LogP) is 2.17. The first-order valence-corrected chi connectivity index (χ1v) is 7.51. The molecule has 1 unspecified atom stereocenters. The van der Waals surface area contributed by atoms with Gasteiger partial charge < -0.3 is 15.2 Å². The van der Waals surface area contributed by atoms with E-state index in [1.165, 1.54) is 12.7 Å². The Morgan fingerprint density at radius 1 is 1.50 bits per heavy atom. The Labute approximate surface area is 124 Å². The maximum Gasteiger partial charge on any atom is 0.271 e. The van der Waals surface area contributed by atoms with Crippen LogP contribution < -0.4 is 15.8 Å². The Kier molecular flexibility index (Phi) is 4.70. The van der Waals surface area contributed by atoms with E-state index >= 15 is 0 Å². The summed E-state index contributed by atoms with van der Waals surface area (Å²) in [6.07, 6.45) is 4.82. The monoisotopic (exact) mass is 298 g/mol. The van der Waals surface area contributed by atoms with Crippen molar-refractivity contribution in [2.45, 2.75) is 51.6 Å². The van der Waals surface area contributed by atoms with Crippen LogP contribution in [-0.2, 0) is 0 Å². The van der Waals surface area contributed by atoms with Crippen molar-refractivity contribution in [1.29, 1.82) is 0 Å². The summed E-state index contributed by atoms with van der Waals surface area (Å²) in [7, 11) is 0. The van der Waals surface area contributed by atoms with Crippen LogP contribution in [0.4, 0.5) is 5.82 Å². The molecule has 1 aromatic heterocycles. The number of rotatable bonds is 3. The highest BCUT2D eigenvalue weighted by Gasteiger charge is 2.27. The molecule has 20 heavy (non-hydrogen) atoms. The van der Waals surface area contributed by atoms with Gasteiger partial charge in [0.05, 0.1) is 6.33 Å². The average Bonchev–Trinajstić information content (AvgIpc) is 2.39. The van der Waals surface area contributed by atoms with Crippen molar-refractivity contribution in [2.24, 2.45) is 0 Å². The summed E-state index contributed by atoms with van der Waals surface area (Å²) in [4.78, 5) is 20.6. The summed E-state index contributed by atoms with van der Waals surface area (Å²) >= 11 is 6.11. The molecule has 2 rings (SSSR count). The minimum absolute atomic E-state index is 0.0779. The lowest BCUT2D eigenvalue weighted by Crippen LogP contribution is -2.50. The first-order chi connectivity index (χ1) is 9.38. The molecular weight excluding hydrogens is 276 g/mol. The third-order valence-corrected chi connectivity index (χ3v) is 3.89. The second-order valence-electron chi connectivity index (χ2n) is 6.34. The second kappa shape index (κ2) is 6.14. The summed E-state index contributed by atoms with van der Waals surface area (Å²) in [6.45, 7) is 8.22. The van der Waals surface area contributed by atoms with Crippen molar-refractivity contribution >= 4 is 17.4 Å². The van der Waals surface area contributed by atoms with Crippen LogP contribution in [-0.4, -0.2) is 34.6 Å². The zero-order valence-corrected chi connectivity index (χ0v) is 13.1. The summed E-state index contributed by atoms with van der Waals surface area (Å²) in [6, 6.07) is 0.328. The van der Waals surface area contributed by atoms with Crippen LogP contribution in [0.3, 0.4) is 0 Å². The van der Waals surface area contributed by atoms with Gasteiger partial charge in [-0.3, -0.25) is 4.79 Å². The van der Waals surface area contributed by atoms with E-state index in [-0.39, 0.29) is 16.1 Å². The fraction of sp³-hybridized carbons (Fsp3) is 0.714. The molecule has 0 saturated carbocycles. The number of halogens is 1. The molecule has 1 saturated heterocycles. The SMILES string of the molecule is CC(C)(C)NCC1CCCCN1c1nc[nH]c(=O)c1Cl. The molecule has 1 aliphatic heterocycles. The molecule has 1 atom stereocenters. The molecule has 1 aliphatic rings. The van der Waals surface area contributed by atoms with Gasteiger partial charge in [-0.1, -0.05) is 11.6 Å². The molecule has 5 nitrogen and oxygen atoms in total. The van der Waals surface area contributed by atoms with Gasteiger partial charge in [-0.15, -0.1) is 0 Å². The van der Waals surface area contributed by atoms with Crippen LogP contribution in [0.1, 0.15) is 40.0 Å². The van der Waals surface area contributed by atoms with E-state index in [0.29, 0.717) is 11.9 Å². The smallest absolute Gasteiger partial charge is 0.271 e. The van der Waals surface area contributed by atoms with E-state index in [1.807, 2.05) is 0 Å². The molecule has 1 aromatic rings. The third-order valence-electron chi connectivity index (χ3n) is 3.55. The quantitative estimate of drug-likeness (QED) is 0.898. The Balaban J connectivity index is 2.18. The Morgan fingerprint density at radius 2 is 2.25 bits per heavy atom. The van der Waals surface area contributed by atoms with Crippen LogP contribution >= 0.6 is 11.6 Å². The maximum atomic E-state index is 11.6. The number of nitrogens with one attached hydrogen (secondary N) is 2. The number of aromatic amines is 1. The molecule has 0 bridgehead atoms. The van der Waals surface area contributed by atoms with Crippen molar-refractivity contribution in [3.05, 3.63) is 21.7 Å². The normalized spacial score (nSPS) is 20.2. The molecule has 0 aromatic carbocycles. The molecule has 1 fully saturated rings. The third kappa shape index (κ3) is 3.73. The van der Waals surface area contributed by atoms with E-state index in [1.54, 1.807) is 0 Å². The first kappa shape index (κ1) is 15.3. The van der Waals surface area contributed by atoms with Gasteiger partial charge in [0.25, 0.3) is 5.56 Å². The van der Waals surface area contributed by atoms with Crippen molar-refractivity contribution in [1.82, 2.24) is 15.3 Å². The minimum atomic E-state index is -0.273. The lowest BCUT2D eigenvalue weighted by atomic mass is 10.0. The van der Waals surface area contributed by atoms with Gasteiger partial charge in [-0.05, 0) is 40.0 Å². The lowest BCUT2D eigenvalue weighted by Gasteiger charge is -2.38. The van der Waals surface area contributed by atoms with Gasteiger partial charge >= 0.3 is 0 Å². The largest absolute Gasteiger partial charge is 0.351 e. The molecule has 0 spiro atoms. The van der Waals surface area contributed by atoms with E-state index in [4.69, 9.17) is 11.6 Å². The molecule has 6 heteroatoms. The molecule has 0 aliphatic carbocycles. The second-order valence-corrected chi connectivity index (χ2v) is 6.72. The standard InChI is InChI=1S/C14H23ClN4O/c1-14(2,3)18-8-10-6-4-5-7-19(10)12-11(15)13(20)17-9-16-12/h9-10,18H,4-8H2,1-3H3,(H,16,17,20). The van der Waals surface area contributed by atoms with Crippen LogP contribution in [0.2, 0.25) is 5.02 Å². The van der Waals surface area contributed by atoms with Gasteiger partial charge in [-0.25, -0.2) is 4.98 Å². The van der Waals surface area contributed by atoms with Crippen molar-refractivity contribution in [3.63, 3.8) is 0 Å². The highest BCUT2D eigenvalue weighted by atomic mass is 35.5. The number of piperidine rings is 1. The number of aromatic nitrogens is 2. The predicted molar refractivity (Wildman–Crippen MR) is 82.6 cm³/mol. The summed E-state index contributed by atoms with van der Waals surface area (Å²) < 4.78 is 0. The van der Waals surface area contributed by atoms with Crippen LogP contribution in [0.25, 0.3) is 0 Å². The summed E-state index contributed by atoms with van der Waals surface area (Å²) in [5.41, 5.74) is -0.195. The fourth-order valence-corrected chi connectivity index (χ4v) is 2.70. The highest BCUT2D eigenvalue weighted by molar-refractivity contribution is 6.32. The molecule has 2 N–H and O–H groups in total. The van der Waals surface area contributed by atoms with Crippen molar-refractivity contribution in [3.8, 4) is 0 Å². The average molecular weight is 299 g/mol. The molecule has 112 valence electrons. The van der Waals surface area contributed by atoms with E-state index in [0.717, 1.165) is 25.9 Å². The number of H-pyrrole nitrogens is 1. The molecule has 0 amide bonds. The van der Waals surface area contributed by atoms with Gasteiger partial charge in [0.2, 0.25) is 0 Å². The fourth-order valence-electron chi connectivity index (χ4n) is 2.49. The maximum absolute atomic E-state index is 11.6. The van der Waals surface area contributed by atoms with Gasteiger partial charge in [-0.2, -0.15) is 0 Å². The summed E-state index contributed by atoms with van der Waals surface area (Å²) in [5, 5.41) is 3.72. The number of anilines is 1. The zero-order valence-electron chi connectivity index (χ0n) is 12.4. The first-order valence-electron chi connectivity index (χ1n) is 7.13.